The van der Waals surface area contributed by atoms with Crippen LogP contribution in [0.25, 0.3) is 16.9 Å². The zero-order chi connectivity index (χ0) is 19.7. The highest BCUT2D eigenvalue weighted by atomic mass is 127. The van der Waals surface area contributed by atoms with Gasteiger partial charge in [0.1, 0.15) is 11.4 Å². The highest BCUT2D eigenvalue weighted by Gasteiger charge is 2.13. The van der Waals surface area contributed by atoms with Gasteiger partial charge >= 0.3 is 0 Å². The molecule has 4 rings (SSSR count). The average Bonchev–Trinajstić information content (AvgIpc) is 3.14. The van der Waals surface area contributed by atoms with Crippen LogP contribution in [0.5, 0.6) is 5.75 Å². The minimum Gasteiger partial charge on any atom is -0.495 e. The summed E-state index contributed by atoms with van der Waals surface area (Å²) in [4.78, 5) is 17.4. The summed E-state index contributed by atoms with van der Waals surface area (Å²) in [6.07, 6.45) is 3.96. The van der Waals surface area contributed by atoms with Crippen molar-refractivity contribution in [1.29, 1.82) is 0 Å². The number of carbonyl (C=O) groups excluding carboxylic acids is 1. The fourth-order valence-electron chi connectivity index (χ4n) is 3.05. The molecule has 0 radical (unpaired) electrons. The summed E-state index contributed by atoms with van der Waals surface area (Å²) in [5.74, 6) is 0.417. The van der Waals surface area contributed by atoms with Crippen molar-refractivity contribution in [1.82, 2.24) is 9.38 Å². The van der Waals surface area contributed by atoms with E-state index in [9.17, 15) is 4.79 Å². The maximum absolute atomic E-state index is 12.6. The molecule has 0 aliphatic heterocycles. The van der Waals surface area contributed by atoms with Crippen LogP contribution in [0.1, 0.15) is 15.9 Å². The molecule has 0 aliphatic rings. The summed E-state index contributed by atoms with van der Waals surface area (Å²) in [6.45, 7) is 2.03. The van der Waals surface area contributed by atoms with Crippen LogP contribution in [0.15, 0.2) is 67.0 Å². The number of carbonyl (C=O) groups is 1. The number of hydrogen-bond acceptors (Lipinski definition) is 3. The number of ether oxygens (including phenoxy) is 1. The molecule has 0 saturated heterocycles. The minimum atomic E-state index is -0.183. The van der Waals surface area contributed by atoms with Crippen LogP contribution in [-0.4, -0.2) is 22.4 Å². The van der Waals surface area contributed by atoms with Crippen molar-refractivity contribution < 1.29 is 9.53 Å². The number of pyridine rings is 1. The third-order valence-electron chi connectivity index (χ3n) is 4.53. The normalized spacial score (nSPS) is 10.8. The third kappa shape index (κ3) is 3.60. The Kier molecular flexibility index (Phi) is 5.04. The largest absolute Gasteiger partial charge is 0.495 e. The van der Waals surface area contributed by atoms with Crippen molar-refractivity contribution in [3.8, 4) is 17.0 Å². The molecule has 0 unspecified atom stereocenters. The fourth-order valence-corrected chi connectivity index (χ4v) is 3.41. The number of anilines is 1. The van der Waals surface area contributed by atoms with Crippen LogP contribution >= 0.6 is 22.6 Å². The van der Waals surface area contributed by atoms with Gasteiger partial charge in [-0.3, -0.25) is 4.79 Å². The number of nitrogens with one attached hydrogen (secondary N) is 1. The van der Waals surface area contributed by atoms with Crippen molar-refractivity contribution >= 4 is 39.8 Å². The molecular weight excluding hydrogens is 465 g/mol. The van der Waals surface area contributed by atoms with Gasteiger partial charge in [-0.2, -0.15) is 0 Å². The number of rotatable bonds is 4. The zero-order valence-corrected chi connectivity index (χ0v) is 17.6. The quantitative estimate of drug-likeness (QED) is 0.408. The molecule has 0 saturated carbocycles. The van der Waals surface area contributed by atoms with Crippen LogP contribution in [-0.2, 0) is 0 Å². The Hall–Kier alpha value is -2.87. The van der Waals surface area contributed by atoms with E-state index in [1.54, 1.807) is 19.2 Å². The molecule has 28 heavy (non-hydrogen) atoms. The molecule has 2 aromatic heterocycles. The fraction of sp³-hybridized carbons (Fsp3) is 0.0909. The van der Waals surface area contributed by atoms with Gasteiger partial charge in [0.05, 0.1) is 18.5 Å². The van der Waals surface area contributed by atoms with E-state index in [2.05, 4.69) is 27.9 Å². The van der Waals surface area contributed by atoms with E-state index >= 15 is 0 Å². The van der Waals surface area contributed by atoms with Crippen molar-refractivity contribution in [2.75, 3.05) is 12.4 Å². The van der Waals surface area contributed by atoms with Crippen molar-refractivity contribution in [2.24, 2.45) is 0 Å². The van der Waals surface area contributed by atoms with Crippen LogP contribution in [0.3, 0.4) is 0 Å². The van der Waals surface area contributed by atoms with Crippen LogP contribution < -0.4 is 10.1 Å². The summed E-state index contributed by atoms with van der Waals surface area (Å²) in [5.41, 5.74) is 4.96. The van der Waals surface area contributed by atoms with Gasteiger partial charge in [-0.05, 0) is 83.6 Å². The summed E-state index contributed by atoms with van der Waals surface area (Å²) >= 11 is 2.21. The Morgan fingerprint density at radius 2 is 1.93 bits per heavy atom. The summed E-state index contributed by atoms with van der Waals surface area (Å²) < 4.78 is 8.51. The molecular formula is C22H18IN3O2. The lowest BCUT2D eigenvalue weighted by atomic mass is 10.1. The Morgan fingerprint density at radius 1 is 1.14 bits per heavy atom. The lowest BCUT2D eigenvalue weighted by molar-refractivity contribution is 0.102. The maximum Gasteiger partial charge on any atom is 0.255 e. The van der Waals surface area contributed by atoms with E-state index in [1.165, 1.54) is 0 Å². The van der Waals surface area contributed by atoms with Gasteiger partial charge in [-0.1, -0.05) is 6.07 Å². The molecule has 6 heteroatoms. The monoisotopic (exact) mass is 483 g/mol. The Morgan fingerprint density at radius 3 is 2.64 bits per heavy atom. The van der Waals surface area contributed by atoms with Gasteiger partial charge in [-0.15, -0.1) is 0 Å². The van der Waals surface area contributed by atoms with Gasteiger partial charge in [0, 0.05) is 27.1 Å². The molecule has 1 amide bonds. The van der Waals surface area contributed by atoms with Gasteiger partial charge in [-0.25, -0.2) is 4.98 Å². The third-order valence-corrected chi connectivity index (χ3v) is 5.25. The lowest BCUT2D eigenvalue weighted by Gasteiger charge is -2.11. The number of amides is 1. The highest BCUT2D eigenvalue weighted by Crippen LogP contribution is 2.31. The first-order valence-corrected chi connectivity index (χ1v) is 9.82. The van der Waals surface area contributed by atoms with Gasteiger partial charge in [0.25, 0.3) is 5.91 Å². The topological polar surface area (TPSA) is 55.6 Å². The lowest BCUT2D eigenvalue weighted by Crippen LogP contribution is -2.12. The van der Waals surface area contributed by atoms with Crippen molar-refractivity contribution in [3.05, 3.63) is 81.7 Å². The maximum atomic E-state index is 12.6. The Balaban J connectivity index is 1.70. The second-order valence-corrected chi connectivity index (χ2v) is 7.67. The number of benzene rings is 2. The van der Waals surface area contributed by atoms with Gasteiger partial charge < -0.3 is 14.5 Å². The predicted octanol–water partition coefficient (Wildman–Crippen LogP) is 5.18. The minimum absolute atomic E-state index is 0.183. The zero-order valence-electron chi connectivity index (χ0n) is 15.4. The number of methoxy groups -OCH3 is 1. The van der Waals surface area contributed by atoms with Crippen LogP contribution in [0, 0.1) is 10.5 Å². The Labute approximate surface area is 176 Å². The number of aryl methyl sites for hydroxylation is 1. The first-order valence-electron chi connectivity index (χ1n) is 8.75. The average molecular weight is 483 g/mol. The van der Waals surface area contributed by atoms with Crippen LogP contribution in [0.4, 0.5) is 5.69 Å². The van der Waals surface area contributed by atoms with Gasteiger partial charge in [0.15, 0.2) is 0 Å². The molecule has 0 spiro atoms. The van der Waals surface area contributed by atoms with E-state index in [4.69, 9.17) is 9.72 Å². The number of fused-ring (bicyclic) bond motifs is 1. The molecule has 4 aromatic rings. The molecule has 0 fully saturated rings. The summed E-state index contributed by atoms with van der Waals surface area (Å²) in [6, 6.07) is 17.1. The second-order valence-electron chi connectivity index (χ2n) is 6.42. The second kappa shape index (κ2) is 7.63. The van der Waals surface area contributed by atoms with E-state index in [0.717, 1.165) is 26.0 Å². The molecule has 2 aromatic carbocycles. The molecule has 5 nitrogen and oxygen atoms in total. The van der Waals surface area contributed by atoms with Crippen molar-refractivity contribution in [2.45, 2.75) is 6.92 Å². The first kappa shape index (κ1) is 18.5. The SMILES string of the molecule is COc1ccc(-c2cn3cccc(C)c3n2)cc1NC(=O)c1ccc(I)cc1. The number of imidazole rings is 1. The summed E-state index contributed by atoms with van der Waals surface area (Å²) in [5, 5.41) is 2.95. The molecule has 1 N–H and O–H groups in total. The van der Waals surface area contributed by atoms with E-state index in [1.807, 2.05) is 66.2 Å². The molecule has 0 atom stereocenters. The van der Waals surface area contributed by atoms with E-state index < -0.39 is 0 Å². The van der Waals surface area contributed by atoms with Gasteiger partial charge in [0.2, 0.25) is 0 Å². The predicted molar refractivity (Wildman–Crippen MR) is 119 cm³/mol. The Bertz CT molecular complexity index is 1170. The molecule has 0 bridgehead atoms. The first-order chi connectivity index (χ1) is 13.5. The molecule has 0 aliphatic carbocycles. The standard InChI is InChI=1S/C22H18IN3O2/c1-14-4-3-11-26-13-19(24-21(14)26)16-7-10-20(28-2)18(12-16)25-22(27)15-5-8-17(23)9-6-15/h3-13H,1-2H3,(H,25,27). The van der Waals surface area contributed by atoms with E-state index in [0.29, 0.717) is 17.0 Å². The van der Waals surface area contributed by atoms with E-state index in [-0.39, 0.29) is 5.91 Å². The molecule has 2 heterocycles. The smallest absolute Gasteiger partial charge is 0.255 e. The van der Waals surface area contributed by atoms with Crippen molar-refractivity contribution in [3.63, 3.8) is 0 Å². The summed E-state index contributed by atoms with van der Waals surface area (Å²) in [7, 11) is 1.59. The molecule has 140 valence electrons. The highest BCUT2D eigenvalue weighted by molar-refractivity contribution is 14.1. The van der Waals surface area contributed by atoms with Crippen LogP contribution in [0.2, 0.25) is 0 Å². The number of aromatic nitrogens is 2. The number of nitrogens with zero attached hydrogens (tertiary/aromatic N) is 2. The number of hydrogen-bond donors (Lipinski definition) is 1. The number of halogens is 1.